The van der Waals surface area contributed by atoms with E-state index in [9.17, 15) is 13.2 Å². The van der Waals surface area contributed by atoms with Gasteiger partial charge < -0.3 is 4.74 Å². The molecule has 1 aromatic heterocycles. The van der Waals surface area contributed by atoms with Gasteiger partial charge >= 0.3 is 6.18 Å². The standard InChI is InChI=1S/C15H13ClF3NO/c1-8-4-5-11(14(21-3)9(8)2)12-6-10(15(17,18)19)7-13(16)20-12/h4-7H,1-3H3. The summed E-state index contributed by atoms with van der Waals surface area (Å²) in [6, 6.07) is 5.26. The summed E-state index contributed by atoms with van der Waals surface area (Å²) in [5.41, 5.74) is 1.61. The van der Waals surface area contributed by atoms with E-state index in [0.29, 0.717) is 11.3 Å². The first-order valence-corrected chi connectivity index (χ1v) is 6.51. The maximum absolute atomic E-state index is 12.9. The minimum absolute atomic E-state index is 0.134. The molecular weight excluding hydrogens is 303 g/mol. The smallest absolute Gasteiger partial charge is 0.416 e. The van der Waals surface area contributed by atoms with Crippen LogP contribution in [0.3, 0.4) is 0 Å². The Labute approximate surface area is 125 Å². The number of hydrogen-bond donors (Lipinski definition) is 0. The van der Waals surface area contributed by atoms with Gasteiger partial charge in [0.1, 0.15) is 10.9 Å². The molecule has 0 aliphatic rings. The lowest BCUT2D eigenvalue weighted by molar-refractivity contribution is -0.137. The SMILES string of the molecule is COc1c(-c2cc(C(F)(F)F)cc(Cl)n2)ccc(C)c1C. The second-order valence-corrected chi connectivity index (χ2v) is 5.04. The molecule has 2 nitrogen and oxygen atoms in total. The van der Waals surface area contributed by atoms with Crippen LogP contribution in [0.2, 0.25) is 5.15 Å². The lowest BCUT2D eigenvalue weighted by Gasteiger charge is -2.15. The molecule has 0 amide bonds. The summed E-state index contributed by atoms with van der Waals surface area (Å²) in [5.74, 6) is 0.498. The molecule has 6 heteroatoms. The number of nitrogens with zero attached hydrogens (tertiary/aromatic N) is 1. The maximum Gasteiger partial charge on any atom is 0.416 e. The molecule has 1 heterocycles. The number of pyridine rings is 1. The molecule has 1 aromatic carbocycles. The van der Waals surface area contributed by atoms with Gasteiger partial charge in [0.25, 0.3) is 0 Å². The largest absolute Gasteiger partial charge is 0.496 e. The fraction of sp³-hybridized carbons (Fsp3) is 0.267. The van der Waals surface area contributed by atoms with Crippen LogP contribution in [-0.4, -0.2) is 12.1 Å². The highest BCUT2D eigenvalue weighted by Crippen LogP contribution is 2.37. The van der Waals surface area contributed by atoms with Crippen molar-refractivity contribution >= 4 is 11.6 Å². The summed E-state index contributed by atoms with van der Waals surface area (Å²) in [6.45, 7) is 3.74. The molecule has 0 unspecified atom stereocenters. The summed E-state index contributed by atoms with van der Waals surface area (Å²) >= 11 is 5.72. The van der Waals surface area contributed by atoms with E-state index >= 15 is 0 Å². The number of rotatable bonds is 2. The molecule has 2 rings (SSSR count). The first kappa shape index (κ1) is 15.6. The Morgan fingerprint density at radius 3 is 2.38 bits per heavy atom. The first-order chi connectivity index (χ1) is 9.74. The predicted molar refractivity (Wildman–Crippen MR) is 75.7 cm³/mol. The molecule has 0 saturated carbocycles. The average molecular weight is 316 g/mol. The molecule has 2 aromatic rings. The fourth-order valence-corrected chi connectivity index (χ4v) is 2.26. The summed E-state index contributed by atoms with van der Waals surface area (Å²) in [5, 5.41) is -0.208. The summed E-state index contributed by atoms with van der Waals surface area (Å²) in [7, 11) is 1.47. The van der Waals surface area contributed by atoms with Crippen molar-refractivity contribution in [2.45, 2.75) is 20.0 Å². The molecule has 0 spiro atoms. The van der Waals surface area contributed by atoms with Gasteiger partial charge in [-0.3, -0.25) is 0 Å². The molecule has 0 aliphatic heterocycles. The second-order valence-electron chi connectivity index (χ2n) is 4.65. The Hall–Kier alpha value is -1.75. The van der Waals surface area contributed by atoms with E-state index in [1.807, 2.05) is 19.9 Å². The van der Waals surface area contributed by atoms with Gasteiger partial charge in [-0.1, -0.05) is 17.7 Å². The number of hydrogen-bond acceptors (Lipinski definition) is 2. The van der Waals surface area contributed by atoms with Crippen LogP contribution >= 0.6 is 11.6 Å². The molecule has 0 N–H and O–H groups in total. The molecule has 21 heavy (non-hydrogen) atoms. The number of ether oxygens (including phenoxy) is 1. The van der Waals surface area contributed by atoms with Gasteiger partial charge in [-0.15, -0.1) is 0 Å². The second kappa shape index (κ2) is 5.56. The summed E-state index contributed by atoms with van der Waals surface area (Å²) in [6.07, 6.45) is -4.48. The average Bonchev–Trinajstić information content (AvgIpc) is 2.40. The first-order valence-electron chi connectivity index (χ1n) is 6.13. The quantitative estimate of drug-likeness (QED) is 0.724. The molecule has 0 saturated heterocycles. The van der Waals surface area contributed by atoms with E-state index in [0.717, 1.165) is 23.3 Å². The monoisotopic (exact) mass is 315 g/mol. The lowest BCUT2D eigenvalue weighted by atomic mass is 10.0. The lowest BCUT2D eigenvalue weighted by Crippen LogP contribution is -2.06. The number of methoxy groups -OCH3 is 1. The van der Waals surface area contributed by atoms with Crippen LogP contribution in [-0.2, 0) is 6.18 Å². The molecule has 0 radical (unpaired) electrons. The zero-order valence-corrected chi connectivity index (χ0v) is 12.4. The Morgan fingerprint density at radius 1 is 1.14 bits per heavy atom. The number of halogens is 4. The number of aryl methyl sites for hydroxylation is 1. The minimum atomic E-state index is -4.48. The Balaban J connectivity index is 2.68. The Bertz CT molecular complexity index is 683. The minimum Gasteiger partial charge on any atom is -0.496 e. The van der Waals surface area contributed by atoms with E-state index in [-0.39, 0.29) is 10.8 Å². The molecular formula is C15H13ClF3NO. The van der Waals surface area contributed by atoms with E-state index in [1.165, 1.54) is 7.11 Å². The number of benzene rings is 1. The summed E-state index contributed by atoms with van der Waals surface area (Å²) in [4.78, 5) is 3.98. The maximum atomic E-state index is 12.9. The Morgan fingerprint density at radius 2 is 1.81 bits per heavy atom. The van der Waals surface area contributed by atoms with E-state index < -0.39 is 11.7 Å². The van der Waals surface area contributed by atoms with Crippen LogP contribution in [0.1, 0.15) is 16.7 Å². The van der Waals surface area contributed by atoms with E-state index in [2.05, 4.69) is 4.98 Å². The molecule has 0 fully saturated rings. The normalized spacial score (nSPS) is 11.6. The van der Waals surface area contributed by atoms with Crippen molar-refractivity contribution in [2.24, 2.45) is 0 Å². The number of aromatic nitrogens is 1. The van der Waals surface area contributed by atoms with Crippen molar-refractivity contribution < 1.29 is 17.9 Å². The van der Waals surface area contributed by atoms with Gasteiger partial charge in [-0.2, -0.15) is 13.2 Å². The Kier molecular flexibility index (Phi) is 4.14. The fourth-order valence-electron chi connectivity index (χ4n) is 2.05. The van der Waals surface area contributed by atoms with Gasteiger partial charge in [0.15, 0.2) is 0 Å². The van der Waals surface area contributed by atoms with Gasteiger partial charge in [0, 0.05) is 5.56 Å². The number of alkyl halides is 3. The van der Waals surface area contributed by atoms with Crippen molar-refractivity contribution in [3.05, 3.63) is 46.1 Å². The highest BCUT2D eigenvalue weighted by Gasteiger charge is 2.32. The van der Waals surface area contributed by atoms with E-state index in [4.69, 9.17) is 16.3 Å². The van der Waals surface area contributed by atoms with Crippen LogP contribution in [0.5, 0.6) is 5.75 Å². The zero-order chi connectivity index (χ0) is 15.8. The molecule has 0 aliphatic carbocycles. The van der Waals surface area contributed by atoms with Crippen LogP contribution in [0.25, 0.3) is 11.3 Å². The molecule has 0 bridgehead atoms. The van der Waals surface area contributed by atoms with Crippen molar-refractivity contribution in [1.29, 1.82) is 0 Å². The highest BCUT2D eigenvalue weighted by atomic mass is 35.5. The van der Waals surface area contributed by atoms with Gasteiger partial charge in [0.05, 0.1) is 18.4 Å². The molecule has 0 atom stereocenters. The van der Waals surface area contributed by atoms with Crippen molar-refractivity contribution in [3.63, 3.8) is 0 Å². The van der Waals surface area contributed by atoms with Gasteiger partial charge in [-0.05, 0) is 43.2 Å². The van der Waals surface area contributed by atoms with Crippen LogP contribution in [0.4, 0.5) is 13.2 Å². The van der Waals surface area contributed by atoms with Gasteiger partial charge in [-0.25, -0.2) is 4.98 Å². The third-order valence-corrected chi connectivity index (χ3v) is 3.47. The molecule has 112 valence electrons. The van der Waals surface area contributed by atoms with E-state index in [1.54, 1.807) is 6.07 Å². The third kappa shape index (κ3) is 3.13. The van der Waals surface area contributed by atoms with Crippen LogP contribution in [0, 0.1) is 13.8 Å². The third-order valence-electron chi connectivity index (χ3n) is 3.28. The van der Waals surface area contributed by atoms with Crippen molar-refractivity contribution in [2.75, 3.05) is 7.11 Å². The van der Waals surface area contributed by atoms with Crippen LogP contribution in [0.15, 0.2) is 24.3 Å². The highest BCUT2D eigenvalue weighted by molar-refractivity contribution is 6.29. The van der Waals surface area contributed by atoms with Crippen molar-refractivity contribution in [1.82, 2.24) is 4.98 Å². The summed E-state index contributed by atoms with van der Waals surface area (Å²) < 4.78 is 43.9. The zero-order valence-electron chi connectivity index (χ0n) is 11.7. The predicted octanol–water partition coefficient (Wildman–Crippen LogP) is 5.05. The topological polar surface area (TPSA) is 22.1 Å². The van der Waals surface area contributed by atoms with Crippen molar-refractivity contribution in [3.8, 4) is 17.0 Å². The van der Waals surface area contributed by atoms with Crippen LogP contribution < -0.4 is 4.74 Å². The van der Waals surface area contributed by atoms with Gasteiger partial charge in [0.2, 0.25) is 0 Å².